The minimum atomic E-state index is 0. The van der Waals surface area contributed by atoms with Crippen LogP contribution in [0.1, 0.15) is 29.8 Å². The Morgan fingerprint density at radius 3 is 2.94 bits per heavy atom. The molecule has 1 aromatic rings. The number of nitrogens with zero attached hydrogens (tertiary/aromatic N) is 1. The SMILES string of the molecule is Cl.NCC1CCCCN1C(=O)c1cc(Cl)c[nH]1. The molecule has 0 bridgehead atoms. The first kappa shape index (κ1) is 14.4. The van der Waals surface area contributed by atoms with E-state index in [9.17, 15) is 4.79 Å². The van der Waals surface area contributed by atoms with Gasteiger partial charge in [0.2, 0.25) is 0 Å². The average molecular weight is 278 g/mol. The molecular formula is C11H17Cl2N3O. The first-order chi connectivity index (χ1) is 7.72. The lowest BCUT2D eigenvalue weighted by atomic mass is 10.0. The fourth-order valence-corrected chi connectivity index (χ4v) is 2.32. The molecule has 1 saturated heterocycles. The van der Waals surface area contributed by atoms with Crippen molar-refractivity contribution in [2.75, 3.05) is 13.1 Å². The van der Waals surface area contributed by atoms with Gasteiger partial charge in [-0.25, -0.2) is 0 Å². The Morgan fingerprint density at radius 1 is 1.59 bits per heavy atom. The van der Waals surface area contributed by atoms with Gasteiger partial charge in [-0.15, -0.1) is 12.4 Å². The Morgan fingerprint density at radius 2 is 2.35 bits per heavy atom. The number of amides is 1. The van der Waals surface area contributed by atoms with E-state index in [2.05, 4.69) is 4.98 Å². The quantitative estimate of drug-likeness (QED) is 0.869. The summed E-state index contributed by atoms with van der Waals surface area (Å²) in [5, 5.41) is 0.560. The number of carbonyl (C=O) groups is 1. The lowest BCUT2D eigenvalue weighted by Crippen LogP contribution is -2.47. The first-order valence-corrected chi connectivity index (χ1v) is 5.95. The van der Waals surface area contributed by atoms with Crippen LogP contribution in [0.2, 0.25) is 5.02 Å². The molecule has 4 nitrogen and oxygen atoms in total. The van der Waals surface area contributed by atoms with Crippen molar-refractivity contribution in [2.24, 2.45) is 5.73 Å². The van der Waals surface area contributed by atoms with Gasteiger partial charge in [0, 0.05) is 25.3 Å². The van der Waals surface area contributed by atoms with Gasteiger partial charge in [0.1, 0.15) is 5.69 Å². The molecule has 0 saturated carbocycles. The number of halogens is 2. The standard InChI is InChI=1S/C11H16ClN3O.ClH/c12-8-5-10(14-7-8)11(16)15-4-2-1-3-9(15)6-13;/h5,7,9,14H,1-4,6,13H2;1H. The largest absolute Gasteiger partial charge is 0.356 e. The number of aromatic amines is 1. The number of nitrogens with one attached hydrogen (secondary N) is 1. The fourth-order valence-electron chi connectivity index (χ4n) is 2.16. The van der Waals surface area contributed by atoms with E-state index in [0.29, 0.717) is 17.3 Å². The van der Waals surface area contributed by atoms with E-state index < -0.39 is 0 Å². The number of rotatable bonds is 2. The number of H-pyrrole nitrogens is 1. The Hall–Kier alpha value is -0.710. The van der Waals surface area contributed by atoms with Crippen molar-refractivity contribution in [3.05, 3.63) is 23.0 Å². The van der Waals surface area contributed by atoms with Crippen molar-refractivity contribution in [1.82, 2.24) is 9.88 Å². The van der Waals surface area contributed by atoms with Gasteiger partial charge >= 0.3 is 0 Å². The topological polar surface area (TPSA) is 62.1 Å². The van der Waals surface area contributed by atoms with Crippen LogP contribution in [-0.2, 0) is 0 Å². The highest BCUT2D eigenvalue weighted by atomic mass is 35.5. The summed E-state index contributed by atoms with van der Waals surface area (Å²) in [5.74, 6) is 0.00190. The summed E-state index contributed by atoms with van der Waals surface area (Å²) in [7, 11) is 0. The second kappa shape index (κ2) is 6.28. The Kier molecular flexibility index (Phi) is 5.31. The van der Waals surface area contributed by atoms with Gasteiger partial charge in [-0.1, -0.05) is 11.6 Å². The molecule has 0 radical (unpaired) electrons. The Labute approximate surface area is 112 Å². The molecule has 0 aromatic carbocycles. The maximum atomic E-state index is 12.2. The number of hydrogen-bond donors (Lipinski definition) is 2. The summed E-state index contributed by atoms with van der Waals surface area (Å²) in [6.45, 7) is 1.32. The first-order valence-electron chi connectivity index (χ1n) is 5.57. The van der Waals surface area contributed by atoms with Crippen molar-refractivity contribution < 1.29 is 4.79 Å². The molecule has 1 fully saturated rings. The van der Waals surface area contributed by atoms with Crippen molar-refractivity contribution in [1.29, 1.82) is 0 Å². The van der Waals surface area contributed by atoms with E-state index >= 15 is 0 Å². The average Bonchev–Trinajstić information content (AvgIpc) is 2.75. The van der Waals surface area contributed by atoms with E-state index in [1.165, 1.54) is 0 Å². The van der Waals surface area contributed by atoms with Crippen molar-refractivity contribution >= 4 is 29.9 Å². The highest BCUT2D eigenvalue weighted by Crippen LogP contribution is 2.19. The third kappa shape index (κ3) is 3.15. The molecule has 2 rings (SSSR count). The third-order valence-corrected chi connectivity index (χ3v) is 3.26. The number of piperidine rings is 1. The van der Waals surface area contributed by atoms with Gasteiger partial charge in [0.05, 0.1) is 5.02 Å². The summed E-state index contributed by atoms with van der Waals surface area (Å²) >= 11 is 5.79. The Balaban J connectivity index is 0.00000144. The molecule has 96 valence electrons. The lowest BCUT2D eigenvalue weighted by molar-refractivity contribution is 0.0618. The van der Waals surface area contributed by atoms with Gasteiger partial charge in [-0.3, -0.25) is 4.79 Å². The van der Waals surface area contributed by atoms with Crippen LogP contribution in [0.15, 0.2) is 12.3 Å². The van der Waals surface area contributed by atoms with Gasteiger partial charge < -0.3 is 15.6 Å². The van der Waals surface area contributed by atoms with Crippen molar-refractivity contribution in [3.8, 4) is 0 Å². The smallest absolute Gasteiger partial charge is 0.270 e. The number of nitrogens with two attached hydrogens (primary N) is 1. The summed E-state index contributed by atoms with van der Waals surface area (Å²) in [4.78, 5) is 16.9. The molecular weight excluding hydrogens is 261 g/mol. The van der Waals surface area contributed by atoms with Crippen molar-refractivity contribution in [3.63, 3.8) is 0 Å². The monoisotopic (exact) mass is 277 g/mol. The van der Waals surface area contributed by atoms with Crippen LogP contribution in [0.3, 0.4) is 0 Å². The minimum Gasteiger partial charge on any atom is -0.356 e. The zero-order chi connectivity index (χ0) is 11.5. The lowest BCUT2D eigenvalue weighted by Gasteiger charge is -2.34. The normalized spacial score (nSPS) is 19.9. The maximum absolute atomic E-state index is 12.2. The molecule has 1 aromatic heterocycles. The number of hydrogen-bond acceptors (Lipinski definition) is 2. The Bertz CT molecular complexity index is 381. The highest BCUT2D eigenvalue weighted by Gasteiger charge is 2.26. The van der Waals surface area contributed by atoms with E-state index in [0.717, 1.165) is 25.8 Å². The summed E-state index contributed by atoms with van der Waals surface area (Å²) in [6, 6.07) is 1.83. The number of likely N-dealkylation sites (tertiary alicyclic amines) is 1. The van der Waals surface area contributed by atoms with Gasteiger partial charge in [-0.2, -0.15) is 0 Å². The van der Waals surface area contributed by atoms with Crippen LogP contribution in [0.5, 0.6) is 0 Å². The van der Waals surface area contributed by atoms with Crippen LogP contribution >= 0.6 is 24.0 Å². The van der Waals surface area contributed by atoms with Crippen LogP contribution in [0.4, 0.5) is 0 Å². The van der Waals surface area contributed by atoms with E-state index in [1.54, 1.807) is 12.3 Å². The fraction of sp³-hybridized carbons (Fsp3) is 0.545. The zero-order valence-corrected chi connectivity index (χ0v) is 11.1. The van der Waals surface area contributed by atoms with Crippen LogP contribution in [0, 0.1) is 0 Å². The highest BCUT2D eigenvalue weighted by molar-refractivity contribution is 6.30. The van der Waals surface area contributed by atoms with Gasteiger partial charge in [0.25, 0.3) is 5.91 Å². The number of aromatic nitrogens is 1. The van der Waals surface area contributed by atoms with Gasteiger partial charge in [0.15, 0.2) is 0 Å². The second-order valence-electron chi connectivity index (χ2n) is 4.12. The van der Waals surface area contributed by atoms with Crippen LogP contribution in [-0.4, -0.2) is 34.9 Å². The summed E-state index contributed by atoms with van der Waals surface area (Å²) in [5.41, 5.74) is 6.23. The summed E-state index contributed by atoms with van der Waals surface area (Å²) < 4.78 is 0. The number of carbonyl (C=O) groups excluding carboxylic acids is 1. The molecule has 17 heavy (non-hydrogen) atoms. The zero-order valence-electron chi connectivity index (χ0n) is 9.49. The molecule has 6 heteroatoms. The molecule has 3 N–H and O–H groups in total. The minimum absolute atomic E-state index is 0. The van der Waals surface area contributed by atoms with E-state index in [-0.39, 0.29) is 24.4 Å². The van der Waals surface area contributed by atoms with E-state index in [4.69, 9.17) is 17.3 Å². The molecule has 0 spiro atoms. The third-order valence-electron chi connectivity index (χ3n) is 3.04. The molecule has 2 heterocycles. The van der Waals surface area contributed by atoms with Crippen molar-refractivity contribution in [2.45, 2.75) is 25.3 Å². The predicted octanol–water partition coefficient (Wildman–Crippen LogP) is 2.04. The maximum Gasteiger partial charge on any atom is 0.270 e. The van der Waals surface area contributed by atoms with Crippen LogP contribution < -0.4 is 5.73 Å². The summed E-state index contributed by atoms with van der Waals surface area (Å²) in [6.07, 6.45) is 4.82. The molecule has 1 aliphatic rings. The van der Waals surface area contributed by atoms with E-state index in [1.807, 2.05) is 4.90 Å². The van der Waals surface area contributed by atoms with Crippen LogP contribution in [0.25, 0.3) is 0 Å². The molecule has 1 amide bonds. The molecule has 1 unspecified atom stereocenters. The van der Waals surface area contributed by atoms with Gasteiger partial charge in [-0.05, 0) is 25.3 Å². The molecule has 0 aliphatic carbocycles. The molecule has 1 atom stereocenters. The second-order valence-corrected chi connectivity index (χ2v) is 4.55. The predicted molar refractivity (Wildman–Crippen MR) is 70.8 cm³/mol. The molecule has 1 aliphatic heterocycles.